The molecule has 2 amide bonds. The van der Waals surface area contributed by atoms with Crippen LogP contribution in [0, 0.1) is 0 Å². The zero-order valence-electron chi connectivity index (χ0n) is 16.3. The van der Waals surface area contributed by atoms with Crippen molar-refractivity contribution in [1.29, 1.82) is 0 Å². The molecule has 0 fully saturated rings. The maximum absolute atomic E-state index is 12.7. The van der Waals surface area contributed by atoms with Gasteiger partial charge in [-0.2, -0.15) is 0 Å². The van der Waals surface area contributed by atoms with Gasteiger partial charge in [-0.05, 0) is 62.4 Å². The molecule has 1 aromatic carbocycles. The summed E-state index contributed by atoms with van der Waals surface area (Å²) in [4.78, 5) is 35.2. The maximum atomic E-state index is 12.7. The van der Waals surface area contributed by atoms with Crippen molar-refractivity contribution < 1.29 is 9.59 Å². The van der Waals surface area contributed by atoms with Crippen molar-refractivity contribution in [1.82, 2.24) is 9.97 Å². The average Bonchev–Trinajstić information content (AvgIpc) is 3.08. The van der Waals surface area contributed by atoms with Crippen LogP contribution in [0.4, 0.5) is 11.4 Å². The third-order valence-electron chi connectivity index (χ3n) is 4.85. The van der Waals surface area contributed by atoms with E-state index in [1.165, 1.54) is 42.0 Å². The van der Waals surface area contributed by atoms with Crippen molar-refractivity contribution in [3.63, 3.8) is 0 Å². The van der Waals surface area contributed by atoms with Crippen molar-refractivity contribution in [3.8, 4) is 0 Å². The topological polar surface area (TPSA) is 84.0 Å². The zero-order valence-corrected chi connectivity index (χ0v) is 18.0. The minimum Gasteiger partial charge on any atom is -0.326 e. The first-order valence-corrected chi connectivity index (χ1v) is 11.3. The quantitative estimate of drug-likeness (QED) is 0.458. The molecule has 29 heavy (non-hydrogen) atoms. The van der Waals surface area contributed by atoms with Gasteiger partial charge in [-0.15, -0.1) is 11.3 Å². The lowest BCUT2D eigenvalue weighted by Gasteiger charge is -2.14. The minimum atomic E-state index is -0.303. The number of anilines is 2. The Bertz CT molecular complexity index is 1060. The van der Waals surface area contributed by atoms with Gasteiger partial charge in [-0.25, -0.2) is 9.97 Å². The van der Waals surface area contributed by atoms with Crippen molar-refractivity contribution in [2.75, 3.05) is 10.6 Å². The van der Waals surface area contributed by atoms with Gasteiger partial charge >= 0.3 is 0 Å². The number of benzene rings is 1. The highest BCUT2D eigenvalue weighted by atomic mass is 32.2. The molecular weight excluding hydrogens is 404 g/mol. The minimum absolute atomic E-state index is 0.0851. The molecule has 1 atom stereocenters. The predicted molar refractivity (Wildman–Crippen MR) is 119 cm³/mol. The van der Waals surface area contributed by atoms with Gasteiger partial charge in [-0.3, -0.25) is 9.59 Å². The number of hydrogen-bond acceptors (Lipinski definition) is 6. The van der Waals surface area contributed by atoms with Gasteiger partial charge < -0.3 is 10.6 Å². The molecule has 1 unspecified atom stereocenters. The first-order chi connectivity index (χ1) is 14.0. The van der Waals surface area contributed by atoms with Crippen LogP contribution in [0.3, 0.4) is 0 Å². The van der Waals surface area contributed by atoms with Crippen molar-refractivity contribution in [2.24, 2.45) is 0 Å². The van der Waals surface area contributed by atoms with Crippen molar-refractivity contribution in [3.05, 3.63) is 41.0 Å². The summed E-state index contributed by atoms with van der Waals surface area (Å²) in [6.07, 6.45) is 6.21. The molecule has 8 heteroatoms. The Morgan fingerprint density at radius 2 is 1.76 bits per heavy atom. The second kappa shape index (κ2) is 8.51. The van der Waals surface area contributed by atoms with Crippen LogP contribution in [-0.2, 0) is 22.4 Å². The van der Waals surface area contributed by atoms with E-state index in [9.17, 15) is 9.59 Å². The van der Waals surface area contributed by atoms with E-state index >= 15 is 0 Å². The van der Waals surface area contributed by atoms with Crippen LogP contribution in [-0.4, -0.2) is 27.0 Å². The molecule has 6 nitrogen and oxygen atoms in total. The molecule has 2 heterocycles. The molecule has 0 spiro atoms. The van der Waals surface area contributed by atoms with Gasteiger partial charge in [0.2, 0.25) is 11.8 Å². The monoisotopic (exact) mass is 426 g/mol. The molecule has 1 aliphatic carbocycles. The molecule has 0 aliphatic heterocycles. The third-order valence-corrected chi connectivity index (χ3v) is 7.15. The molecule has 1 aliphatic rings. The third kappa shape index (κ3) is 4.43. The fourth-order valence-electron chi connectivity index (χ4n) is 3.46. The number of rotatable bonds is 5. The number of fused-ring (bicyclic) bond motifs is 3. The molecule has 0 saturated heterocycles. The zero-order chi connectivity index (χ0) is 20.4. The lowest BCUT2D eigenvalue weighted by Crippen LogP contribution is -2.22. The fraction of sp³-hybridized carbons (Fsp3) is 0.333. The number of nitrogens with one attached hydrogen (secondary N) is 2. The van der Waals surface area contributed by atoms with Gasteiger partial charge in [0.15, 0.2) is 0 Å². The molecule has 0 saturated carbocycles. The Hall–Kier alpha value is -2.45. The lowest BCUT2D eigenvalue weighted by atomic mass is 9.97. The molecule has 0 radical (unpaired) electrons. The van der Waals surface area contributed by atoms with Crippen LogP contribution < -0.4 is 10.6 Å². The SMILES string of the molecule is CC(=O)Nc1ccc(NC(=O)C(C)Sc2ncnc3sc4c(c23)CCCC4)cc1. The average molecular weight is 427 g/mol. The van der Waals surface area contributed by atoms with E-state index in [4.69, 9.17) is 0 Å². The summed E-state index contributed by atoms with van der Waals surface area (Å²) in [5.74, 6) is -0.211. The second-order valence-electron chi connectivity index (χ2n) is 7.08. The number of hydrogen-bond donors (Lipinski definition) is 2. The molecular formula is C21H22N4O2S2. The van der Waals surface area contributed by atoms with Crippen molar-refractivity contribution in [2.45, 2.75) is 49.8 Å². The number of carbonyl (C=O) groups excluding carboxylic acids is 2. The van der Waals surface area contributed by atoms with E-state index in [0.29, 0.717) is 11.4 Å². The Labute approximate surface area is 177 Å². The van der Waals surface area contributed by atoms with Crippen LogP contribution in [0.15, 0.2) is 35.6 Å². The summed E-state index contributed by atoms with van der Waals surface area (Å²) in [6, 6.07) is 7.08. The Morgan fingerprint density at radius 3 is 2.48 bits per heavy atom. The smallest absolute Gasteiger partial charge is 0.237 e. The molecule has 3 aromatic rings. The fourth-order valence-corrected chi connectivity index (χ4v) is 5.70. The van der Waals surface area contributed by atoms with Gasteiger partial charge in [0.05, 0.1) is 5.25 Å². The second-order valence-corrected chi connectivity index (χ2v) is 9.49. The van der Waals surface area contributed by atoms with Gasteiger partial charge in [0.25, 0.3) is 0 Å². The number of aryl methyl sites for hydroxylation is 2. The van der Waals surface area contributed by atoms with E-state index in [1.54, 1.807) is 41.9 Å². The van der Waals surface area contributed by atoms with Gasteiger partial charge in [0, 0.05) is 28.6 Å². The van der Waals surface area contributed by atoms with Crippen LogP contribution in [0.5, 0.6) is 0 Å². The van der Waals surface area contributed by atoms with E-state index in [-0.39, 0.29) is 17.1 Å². The summed E-state index contributed by atoms with van der Waals surface area (Å²) in [5, 5.41) is 7.36. The Morgan fingerprint density at radius 1 is 1.07 bits per heavy atom. The highest BCUT2D eigenvalue weighted by molar-refractivity contribution is 8.00. The molecule has 2 N–H and O–H groups in total. The molecule has 4 rings (SSSR count). The van der Waals surface area contributed by atoms with Crippen molar-refractivity contribution >= 4 is 56.5 Å². The summed E-state index contributed by atoms with van der Waals surface area (Å²) >= 11 is 3.24. The Balaban J connectivity index is 1.48. The van der Waals surface area contributed by atoms with Crippen LogP contribution in [0.1, 0.15) is 37.1 Å². The number of thiophene rings is 1. The number of nitrogens with zero attached hydrogens (tertiary/aromatic N) is 2. The Kier molecular flexibility index (Phi) is 5.82. The first kappa shape index (κ1) is 19.8. The molecule has 150 valence electrons. The standard InChI is InChI=1S/C21H22N4O2S2/c1-12(19(27)25-15-9-7-14(8-10-15)24-13(2)26)28-20-18-16-5-3-4-6-17(16)29-21(18)23-11-22-20/h7-12H,3-6H2,1-2H3,(H,24,26)(H,25,27). The van der Waals surface area contributed by atoms with E-state index in [1.807, 2.05) is 6.92 Å². The van der Waals surface area contributed by atoms with E-state index < -0.39 is 0 Å². The van der Waals surface area contributed by atoms with Gasteiger partial charge in [-0.1, -0.05) is 11.8 Å². The van der Waals surface area contributed by atoms with Crippen LogP contribution in [0.2, 0.25) is 0 Å². The summed E-state index contributed by atoms with van der Waals surface area (Å²) in [6.45, 7) is 3.35. The summed E-state index contributed by atoms with van der Waals surface area (Å²) in [5.41, 5.74) is 2.77. The summed E-state index contributed by atoms with van der Waals surface area (Å²) in [7, 11) is 0. The number of thioether (sulfide) groups is 1. The molecule has 2 aromatic heterocycles. The highest BCUT2D eigenvalue weighted by Gasteiger charge is 2.23. The normalized spacial score (nSPS) is 14.3. The molecule has 0 bridgehead atoms. The first-order valence-electron chi connectivity index (χ1n) is 9.61. The number of carbonyl (C=O) groups is 2. The van der Waals surface area contributed by atoms with E-state index in [0.717, 1.165) is 28.1 Å². The number of aromatic nitrogens is 2. The van der Waals surface area contributed by atoms with Crippen LogP contribution >= 0.6 is 23.1 Å². The lowest BCUT2D eigenvalue weighted by molar-refractivity contribution is -0.115. The van der Waals surface area contributed by atoms with E-state index in [2.05, 4.69) is 20.6 Å². The summed E-state index contributed by atoms with van der Waals surface area (Å²) < 4.78 is 0. The number of amides is 2. The highest BCUT2D eigenvalue weighted by Crippen LogP contribution is 2.40. The maximum Gasteiger partial charge on any atom is 0.237 e. The predicted octanol–water partition coefficient (Wildman–Crippen LogP) is 4.65. The largest absolute Gasteiger partial charge is 0.326 e. The van der Waals surface area contributed by atoms with Crippen LogP contribution in [0.25, 0.3) is 10.2 Å². The van der Waals surface area contributed by atoms with Gasteiger partial charge in [0.1, 0.15) is 16.2 Å².